The second-order valence-corrected chi connectivity index (χ2v) is 10.3. The van der Waals surface area contributed by atoms with Gasteiger partial charge in [-0.05, 0) is 65.8 Å². The summed E-state index contributed by atoms with van der Waals surface area (Å²) in [6, 6.07) is 9.52. The van der Waals surface area contributed by atoms with Gasteiger partial charge in [-0.1, -0.05) is 29.3 Å². The van der Waals surface area contributed by atoms with Crippen LogP contribution in [-0.4, -0.2) is 39.8 Å². The number of carbonyl (C=O) groups is 1. The fourth-order valence-electron chi connectivity index (χ4n) is 4.63. The molecular weight excluding hydrogens is 542 g/mol. The predicted molar refractivity (Wildman–Crippen MR) is 137 cm³/mol. The van der Waals surface area contributed by atoms with E-state index in [1.807, 2.05) is 6.07 Å². The average molecular weight is 566 g/mol. The summed E-state index contributed by atoms with van der Waals surface area (Å²) in [5, 5.41) is 15.4. The lowest BCUT2D eigenvalue weighted by molar-refractivity contribution is -0.140. The Hall–Kier alpha value is -3.24. The number of amidine groups is 1. The van der Waals surface area contributed by atoms with Gasteiger partial charge in [0.15, 0.2) is 5.69 Å². The first kappa shape index (κ1) is 26.4. The van der Waals surface area contributed by atoms with Crippen molar-refractivity contribution in [3.05, 3.63) is 75.0 Å². The molecule has 12 heteroatoms. The zero-order chi connectivity index (χ0) is 27.2. The van der Waals surface area contributed by atoms with Gasteiger partial charge in [-0.2, -0.15) is 18.3 Å². The van der Waals surface area contributed by atoms with Gasteiger partial charge in [0.2, 0.25) is 0 Å². The van der Waals surface area contributed by atoms with Crippen LogP contribution in [0.2, 0.25) is 10.0 Å². The van der Waals surface area contributed by atoms with Crippen molar-refractivity contribution in [2.45, 2.75) is 31.6 Å². The molecule has 0 bridgehead atoms. The van der Waals surface area contributed by atoms with Crippen LogP contribution in [0.25, 0.3) is 11.1 Å². The van der Waals surface area contributed by atoms with Gasteiger partial charge in [-0.15, -0.1) is 0 Å². The first-order valence-electron chi connectivity index (χ1n) is 12.0. The van der Waals surface area contributed by atoms with E-state index < -0.39 is 17.8 Å². The highest BCUT2D eigenvalue weighted by molar-refractivity contribution is 6.42. The highest BCUT2D eigenvalue weighted by Gasteiger charge is 2.38. The molecule has 1 amide bonds. The van der Waals surface area contributed by atoms with Gasteiger partial charge in [-0.3, -0.25) is 14.9 Å². The first-order chi connectivity index (χ1) is 18.0. The van der Waals surface area contributed by atoms with Crippen molar-refractivity contribution < 1.29 is 22.7 Å². The Kier molecular flexibility index (Phi) is 7.04. The number of aromatic nitrogens is 2. The Morgan fingerprint density at radius 2 is 1.97 bits per heavy atom. The van der Waals surface area contributed by atoms with Gasteiger partial charge < -0.3 is 15.0 Å². The minimum Gasteiger partial charge on any atom is -0.463 e. The summed E-state index contributed by atoms with van der Waals surface area (Å²) < 4.78 is 47.6. The summed E-state index contributed by atoms with van der Waals surface area (Å²) in [6.07, 6.45) is -1.53. The fraction of sp³-hybridized carbons (Fsp3) is 0.346. The van der Waals surface area contributed by atoms with Crippen LogP contribution in [0.5, 0.6) is 0 Å². The average Bonchev–Trinajstić information content (AvgIpc) is 3.50. The minimum atomic E-state index is -4.68. The number of alkyl halides is 3. The third-order valence-electron chi connectivity index (χ3n) is 6.61. The standard InChI is InChI=1S/C26H24Cl2F3N5O2/c1-35-13-19(23(34-35)26(29,30)31)17-8-14(12-36-6-7-38-25(36)32)9-18(10-17)24(37)33-22(15-2-3-15)16-4-5-20(27)21(28)11-16/h4-5,8-11,13,15,22,32H,2-3,6-7,12H2,1H3,(H,33,37). The summed E-state index contributed by atoms with van der Waals surface area (Å²) in [4.78, 5) is 15.2. The number of aryl methyl sites for hydroxylation is 1. The number of ether oxygens (including phenoxy) is 1. The highest BCUT2D eigenvalue weighted by atomic mass is 35.5. The van der Waals surface area contributed by atoms with Gasteiger partial charge in [0.1, 0.15) is 6.61 Å². The summed E-state index contributed by atoms with van der Waals surface area (Å²) >= 11 is 12.3. The third kappa shape index (κ3) is 5.61. The van der Waals surface area contributed by atoms with Crippen LogP contribution in [0, 0.1) is 11.3 Å². The van der Waals surface area contributed by atoms with Gasteiger partial charge in [0, 0.05) is 30.9 Å². The van der Waals surface area contributed by atoms with Crippen molar-refractivity contribution in [2.75, 3.05) is 13.2 Å². The number of nitrogens with one attached hydrogen (secondary N) is 2. The monoisotopic (exact) mass is 565 g/mol. The first-order valence-corrected chi connectivity index (χ1v) is 12.7. The van der Waals surface area contributed by atoms with Gasteiger partial charge in [0.05, 0.1) is 22.6 Å². The van der Waals surface area contributed by atoms with Crippen molar-refractivity contribution in [1.29, 1.82) is 5.41 Å². The molecule has 1 aliphatic carbocycles. The summed E-state index contributed by atoms with van der Waals surface area (Å²) in [5.74, 6) is -0.211. The molecule has 1 atom stereocenters. The van der Waals surface area contributed by atoms with Crippen LogP contribution in [0.4, 0.5) is 13.2 Å². The van der Waals surface area contributed by atoms with E-state index in [2.05, 4.69) is 10.4 Å². The molecule has 2 aromatic carbocycles. The van der Waals surface area contributed by atoms with Crippen molar-refractivity contribution >= 4 is 35.1 Å². The topological polar surface area (TPSA) is 83.2 Å². The second-order valence-electron chi connectivity index (χ2n) is 9.52. The van der Waals surface area contributed by atoms with E-state index in [1.54, 1.807) is 29.2 Å². The molecule has 2 N–H and O–H groups in total. The number of nitrogens with zero attached hydrogens (tertiary/aromatic N) is 3. The Morgan fingerprint density at radius 1 is 1.21 bits per heavy atom. The number of hydrogen-bond acceptors (Lipinski definition) is 4. The predicted octanol–water partition coefficient (Wildman–Crippen LogP) is 6.06. The Balaban J connectivity index is 1.52. The molecule has 3 aromatic rings. The quantitative estimate of drug-likeness (QED) is 0.364. The molecule has 0 radical (unpaired) electrons. The van der Waals surface area contributed by atoms with Crippen molar-refractivity contribution in [3.63, 3.8) is 0 Å². The van der Waals surface area contributed by atoms with Gasteiger partial charge in [-0.25, -0.2) is 0 Å². The maximum absolute atomic E-state index is 13.8. The number of halogens is 5. The number of benzene rings is 2. The summed E-state index contributed by atoms with van der Waals surface area (Å²) in [6.45, 7) is 1.01. The van der Waals surface area contributed by atoms with E-state index >= 15 is 0 Å². The smallest absolute Gasteiger partial charge is 0.435 e. The molecule has 0 spiro atoms. The molecule has 200 valence electrons. The van der Waals surface area contributed by atoms with Crippen molar-refractivity contribution in [2.24, 2.45) is 13.0 Å². The van der Waals surface area contributed by atoms with E-state index in [-0.39, 0.29) is 41.2 Å². The number of amides is 1. The number of hydrogen-bond donors (Lipinski definition) is 2. The molecule has 38 heavy (non-hydrogen) atoms. The largest absolute Gasteiger partial charge is 0.463 e. The van der Waals surface area contributed by atoms with Crippen molar-refractivity contribution in [3.8, 4) is 11.1 Å². The van der Waals surface area contributed by atoms with E-state index in [4.69, 9.17) is 33.3 Å². The molecule has 2 fully saturated rings. The van der Waals surface area contributed by atoms with Crippen LogP contribution in [-0.2, 0) is 24.5 Å². The molecule has 5 rings (SSSR count). The fourth-order valence-corrected chi connectivity index (χ4v) is 4.94. The van der Waals surface area contributed by atoms with Crippen LogP contribution >= 0.6 is 23.2 Å². The normalized spacial score (nSPS) is 16.5. The van der Waals surface area contributed by atoms with Gasteiger partial charge in [0.25, 0.3) is 11.9 Å². The van der Waals surface area contributed by atoms with Crippen LogP contribution in [0.1, 0.15) is 46.1 Å². The molecule has 1 aromatic heterocycles. The Morgan fingerprint density at radius 3 is 2.61 bits per heavy atom. The van der Waals surface area contributed by atoms with Gasteiger partial charge >= 0.3 is 6.18 Å². The summed E-state index contributed by atoms with van der Waals surface area (Å²) in [5.41, 5.74) is 0.613. The number of rotatable bonds is 7. The maximum Gasteiger partial charge on any atom is 0.435 e. The molecule has 1 saturated carbocycles. The molecule has 1 aliphatic heterocycles. The molecule has 1 unspecified atom stereocenters. The lowest BCUT2D eigenvalue weighted by Gasteiger charge is -2.21. The highest BCUT2D eigenvalue weighted by Crippen LogP contribution is 2.42. The van der Waals surface area contributed by atoms with E-state index in [0.717, 1.165) is 23.1 Å². The summed E-state index contributed by atoms with van der Waals surface area (Å²) in [7, 11) is 1.41. The molecule has 1 saturated heterocycles. The molecular formula is C26H24Cl2F3N5O2. The molecule has 7 nitrogen and oxygen atoms in total. The second kappa shape index (κ2) is 10.1. The van der Waals surface area contributed by atoms with Crippen LogP contribution in [0.3, 0.4) is 0 Å². The van der Waals surface area contributed by atoms with E-state index in [1.165, 1.54) is 19.3 Å². The zero-order valence-corrected chi connectivity index (χ0v) is 21.8. The maximum atomic E-state index is 13.8. The Labute approximate surface area is 227 Å². The van der Waals surface area contributed by atoms with Crippen molar-refractivity contribution in [1.82, 2.24) is 20.0 Å². The molecule has 2 heterocycles. The number of carbonyl (C=O) groups excluding carboxylic acids is 1. The minimum absolute atomic E-state index is 0.0211. The third-order valence-corrected chi connectivity index (χ3v) is 7.35. The zero-order valence-electron chi connectivity index (χ0n) is 20.3. The van der Waals surface area contributed by atoms with Crippen LogP contribution in [0.15, 0.2) is 42.6 Å². The molecule has 2 aliphatic rings. The lowest BCUT2D eigenvalue weighted by atomic mass is 9.98. The SMILES string of the molecule is Cn1cc(-c2cc(CN3CCOC3=N)cc(C(=O)NC(c3ccc(Cl)c(Cl)c3)C3CC3)c2)c(C(F)(F)F)n1. The Bertz CT molecular complexity index is 1400. The van der Waals surface area contributed by atoms with Crippen LogP contribution < -0.4 is 5.32 Å². The van der Waals surface area contributed by atoms with E-state index in [0.29, 0.717) is 28.8 Å². The lowest BCUT2D eigenvalue weighted by Crippen LogP contribution is -2.30. The van der Waals surface area contributed by atoms with E-state index in [9.17, 15) is 18.0 Å².